The Balaban J connectivity index is 1.97. The molecule has 7 heavy (non-hydrogen) atoms. The van der Waals surface area contributed by atoms with Crippen molar-refractivity contribution in [2.45, 2.75) is 15.4 Å². The molecule has 0 spiro atoms. The third-order valence-electron chi connectivity index (χ3n) is 0.876. The molecule has 1 rings (SSSR count). The van der Waals surface area contributed by atoms with Crippen molar-refractivity contribution in [1.82, 2.24) is 0 Å². The van der Waals surface area contributed by atoms with Crippen LogP contribution >= 0.6 is 11.8 Å². The van der Waals surface area contributed by atoms with E-state index in [1.54, 1.807) is 0 Å². The molecule has 3 heteroatoms. The summed E-state index contributed by atoms with van der Waals surface area (Å²) in [7, 11) is 0. The summed E-state index contributed by atoms with van der Waals surface area (Å²) in [4.78, 5) is 0. The van der Waals surface area contributed by atoms with Gasteiger partial charge >= 0.3 is 64.9 Å². The summed E-state index contributed by atoms with van der Waals surface area (Å²) in [5.41, 5.74) is 0. The van der Waals surface area contributed by atoms with Crippen molar-refractivity contribution in [3.63, 3.8) is 0 Å². The van der Waals surface area contributed by atoms with Gasteiger partial charge in [-0.15, -0.1) is 0 Å². The fourth-order valence-corrected chi connectivity index (χ4v) is 2.73. The van der Waals surface area contributed by atoms with Gasteiger partial charge in [0.05, 0.1) is 0 Å². The molecule has 0 aliphatic carbocycles. The van der Waals surface area contributed by atoms with Crippen molar-refractivity contribution < 1.29 is 0 Å². The number of thioether (sulfide) groups is 1. The summed E-state index contributed by atoms with van der Waals surface area (Å²) >= 11 is 7.41. The molecule has 0 aromatic heterocycles. The average molecular weight is 246 g/mol. The zero-order chi connectivity index (χ0) is 5.28. The van der Waals surface area contributed by atoms with Crippen molar-refractivity contribution in [1.29, 1.82) is 0 Å². The monoisotopic (exact) mass is 248 g/mol. The zero-order valence-corrected chi connectivity index (χ0v) is 8.44. The first kappa shape index (κ1) is 6.51. The Kier molecular flexibility index (Phi) is 2.60. The number of hydrogen-bond acceptors (Lipinski definition) is 1. The number of hydrogen-bond donors (Lipinski definition) is 0. The van der Waals surface area contributed by atoms with Crippen molar-refractivity contribution >= 4 is 43.8 Å². The summed E-state index contributed by atoms with van der Waals surface area (Å²) in [6.07, 6.45) is 1.38. The molecular formula is C4H8SSe2. The molecule has 0 amide bonds. The summed E-state index contributed by atoms with van der Waals surface area (Å²) in [6.45, 7) is 0. The van der Waals surface area contributed by atoms with Crippen LogP contribution in [0.2, 0.25) is 3.71 Å². The second-order valence-electron chi connectivity index (χ2n) is 1.67. The van der Waals surface area contributed by atoms with Crippen LogP contribution in [0.3, 0.4) is 0 Å². The summed E-state index contributed by atoms with van der Waals surface area (Å²) in [5.74, 6) is 1.41. The standard InChI is InChI=1S/C4H8SSe2/c6-4(7)1-3-2-5-3/h3-4,6-7H,1-2H2. The van der Waals surface area contributed by atoms with E-state index in [1.807, 2.05) is 0 Å². The van der Waals surface area contributed by atoms with E-state index in [2.05, 4.69) is 43.8 Å². The van der Waals surface area contributed by atoms with E-state index in [0.717, 1.165) is 8.96 Å². The minimum atomic E-state index is 0.792. The van der Waals surface area contributed by atoms with Crippen molar-refractivity contribution in [2.75, 3.05) is 5.75 Å². The second kappa shape index (κ2) is 2.79. The van der Waals surface area contributed by atoms with Crippen LogP contribution in [0.1, 0.15) is 6.42 Å². The van der Waals surface area contributed by atoms with Gasteiger partial charge in [0.2, 0.25) is 0 Å². The van der Waals surface area contributed by atoms with Crippen LogP contribution in [0.15, 0.2) is 0 Å². The topological polar surface area (TPSA) is 0 Å². The van der Waals surface area contributed by atoms with E-state index < -0.39 is 0 Å². The predicted molar refractivity (Wildman–Crippen MR) is 38.9 cm³/mol. The van der Waals surface area contributed by atoms with Gasteiger partial charge in [0.15, 0.2) is 0 Å². The minimum absolute atomic E-state index is 0.792. The van der Waals surface area contributed by atoms with Gasteiger partial charge in [0.1, 0.15) is 0 Å². The van der Waals surface area contributed by atoms with Crippen molar-refractivity contribution in [3.05, 3.63) is 0 Å². The summed E-state index contributed by atoms with van der Waals surface area (Å²) in [6, 6.07) is 0. The molecule has 0 aromatic rings. The van der Waals surface area contributed by atoms with Crippen LogP contribution in [0.25, 0.3) is 0 Å². The fourth-order valence-electron chi connectivity index (χ4n) is 0.439. The van der Waals surface area contributed by atoms with Crippen LogP contribution in [-0.2, 0) is 0 Å². The normalized spacial score (nSPS) is 28.7. The van der Waals surface area contributed by atoms with E-state index >= 15 is 0 Å². The average Bonchev–Trinajstić information content (AvgIpc) is 2.17. The zero-order valence-electron chi connectivity index (χ0n) is 3.87. The Morgan fingerprint density at radius 3 is 2.43 bits per heavy atom. The molecule has 1 fully saturated rings. The molecule has 0 saturated carbocycles. The first-order valence-corrected chi connectivity index (χ1v) is 5.48. The first-order valence-electron chi connectivity index (χ1n) is 2.27. The van der Waals surface area contributed by atoms with E-state index in [-0.39, 0.29) is 0 Å². The number of rotatable bonds is 2. The molecular weight excluding hydrogens is 238 g/mol. The summed E-state index contributed by atoms with van der Waals surface area (Å²) < 4.78 is 0.792. The SMILES string of the molecule is [SeH]C([SeH])CC1CS1. The molecule has 1 heterocycles. The molecule has 0 bridgehead atoms. The Morgan fingerprint density at radius 2 is 2.29 bits per heavy atom. The molecule has 0 N–H and O–H groups in total. The first-order chi connectivity index (χ1) is 3.29. The molecule has 0 nitrogen and oxygen atoms in total. The van der Waals surface area contributed by atoms with Gasteiger partial charge in [-0.1, -0.05) is 0 Å². The third-order valence-corrected chi connectivity index (χ3v) is 2.76. The van der Waals surface area contributed by atoms with Gasteiger partial charge < -0.3 is 0 Å². The maximum absolute atomic E-state index is 2.67. The quantitative estimate of drug-likeness (QED) is 0.489. The van der Waals surface area contributed by atoms with Gasteiger partial charge in [0, 0.05) is 0 Å². The van der Waals surface area contributed by atoms with Crippen molar-refractivity contribution in [2.24, 2.45) is 0 Å². The van der Waals surface area contributed by atoms with E-state index in [0.29, 0.717) is 0 Å². The van der Waals surface area contributed by atoms with E-state index in [9.17, 15) is 0 Å². The molecule has 0 radical (unpaired) electrons. The molecule has 1 aliphatic heterocycles. The Labute approximate surface area is 64.8 Å². The van der Waals surface area contributed by atoms with Gasteiger partial charge in [-0.2, -0.15) is 0 Å². The molecule has 0 aromatic carbocycles. The van der Waals surface area contributed by atoms with E-state index in [4.69, 9.17) is 0 Å². The van der Waals surface area contributed by atoms with Gasteiger partial charge in [-0.3, -0.25) is 0 Å². The molecule has 1 atom stereocenters. The molecule has 42 valence electrons. The summed E-state index contributed by atoms with van der Waals surface area (Å²) in [5, 5.41) is 1.01. The van der Waals surface area contributed by atoms with Crippen LogP contribution in [-0.4, -0.2) is 43.0 Å². The third kappa shape index (κ3) is 3.05. The Morgan fingerprint density at radius 1 is 1.71 bits per heavy atom. The van der Waals surface area contributed by atoms with Gasteiger partial charge in [-0.25, -0.2) is 0 Å². The van der Waals surface area contributed by atoms with E-state index in [1.165, 1.54) is 12.2 Å². The van der Waals surface area contributed by atoms with Crippen molar-refractivity contribution in [3.8, 4) is 0 Å². The van der Waals surface area contributed by atoms with Crippen LogP contribution in [0.4, 0.5) is 0 Å². The van der Waals surface area contributed by atoms with Gasteiger partial charge in [-0.05, 0) is 0 Å². The fraction of sp³-hybridized carbons (Fsp3) is 1.00. The maximum atomic E-state index is 2.67. The molecule has 1 saturated heterocycles. The van der Waals surface area contributed by atoms with Crippen LogP contribution in [0.5, 0.6) is 0 Å². The van der Waals surface area contributed by atoms with Crippen LogP contribution < -0.4 is 0 Å². The molecule has 1 unspecified atom stereocenters. The molecule has 1 aliphatic rings. The second-order valence-corrected chi connectivity index (χ2v) is 7.54. The Bertz CT molecular complexity index is 60.7. The van der Waals surface area contributed by atoms with Gasteiger partial charge in [0.25, 0.3) is 0 Å². The Hall–Kier alpha value is 1.39. The van der Waals surface area contributed by atoms with Crippen LogP contribution in [0, 0.1) is 0 Å². The predicted octanol–water partition coefficient (Wildman–Crippen LogP) is 0.0395.